The summed E-state index contributed by atoms with van der Waals surface area (Å²) in [5.41, 5.74) is 0.847. The monoisotopic (exact) mass is 364 g/mol. The van der Waals surface area contributed by atoms with E-state index in [4.69, 9.17) is 9.15 Å². The maximum atomic E-state index is 12.6. The summed E-state index contributed by atoms with van der Waals surface area (Å²) in [6.07, 6.45) is 1.52. The lowest BCUT2D eigenvalue weighted by Crippen LogP contribution is -2.43. The predicted octanol–water partition coefficient (Wildman–Crippen LogP) is 3.58. The van der Waals surface area contributed by atoms with Gasteiger partial charge in [0, 0.05) is 18.8 Å². The van der Waals surface area contributed by atoms with E-state index in [1.54, 1.807) is 4.90 Å². The molecule has 3 rings (SSSR count). The van der Waals surface area contributed by atoms with E-state index < -0.39 is 16.4 Å². The Morgan fingerprint density at radius 3 is 2.88 bits per heavy atom. The molecule has 1 aliphatic rings. The molecule has 6 nitrogen and oxygen atoms in total. The summed E-state index contributed by atoms with van der Waals surface area (Å²) in [7, 11) is -1.32. The highest BCUT2D eigenvalue weighted by atomic mass is 32.2. The second-order valence-electron chi connectivity index (χ2n) is 7.39. The number of oxazole rings is 1. The Morgan fingerprint density at radius 2 is 2.16 bits per heavy atom. The molecule has 25 heavy (non-hydrogen) atoms. The van der Waals surface area contributed by atoms with Crippen molar-refractivity contribution in [3.63, 3.8) is 0 Å². The molecule has 0 unspecified atom stereocenters. The highest BCUT2D eigenvalue weighted by Crippen LogP contribution is 2.23. The van der Waals surface area contributed by atoms with Crippen LogP contribution in [0.3, 0.4) is 0 Å². The van der Waals surface area contributed by atoms with Crippen LogP contribution in [0.1, 0.15) is 33.6 Å². The molecule has 1 aliphatic heterocycles. The zero-order valence-corrected chi connectivity index (χ0v) is 15.7. The summed E-state index contributed by atoms with van der Waals surface area (Å²) >= 11 is 0. The fourth-order valence-corrected chi connectivity index (χ4v) is 4.15. The van der Waals surface area contributed by atoms with Crippen molar-refractivity contribution >= 4 is 28.0 Å². The van der Waals surface area contributed by atoms with Crippen LogP contribution in [0.2, 0.25) is 0 Å². The first-order valence-electron chi connectivity index (χ1n) is 8.54. The zero-order chi connectivity index (χ0) is 18.0. The second kappa shape index (κ2) is 7.15. The number of fused-ring (bicyclic) bond motifs is 1. The van der Waals surface area contributed by atoms with Crippen molar-refractivity contribution in [3.05, 3.63) is 24.3 Å². The van der Waals surface area contributed by atoms with Gasteiger partial charge in [-0.25, -0.2) is 14.0 Å². The molecule has 2 atom stereocenters. The molecular weight excluding hydrogens is 340 g/mol. The fraction of sp³-hybridized carbons (Fsp3) is 0.556. The zero-order valence-electron chi connectivity index (χ0n) is 14.9. The number of rotatable bonds is 3. The Labute approximate surface area is 150 Å². The van der Waals surface area contributed by atoms with Gasteiger partial charge in [0.1, 0.15) is 21.9 Å². The topological polar surface area (TPSA) is 72.6 Å². The number of amides is 1. The molecule has 1 aromatic heterocycles. The SMILES string of the molecule is CC(C)(C)OC(=O)N1CCC[C@H](C[S@@](=O)c2nc3ccccc3o2)C1. The van der Waals surface area contributed by atoms with Crippen LogP contribution >= 0.6 is 0 Å². The summed E-state index contributed by atoms with van der Waals surface area (Å²) in [5.74, 6) is 0.587. The summed E-state index contributed by atoms with van der Waals surface area (Å²) < 4.78 is 23.6. The van der Waals surface area contributed by atoms with Crippen molar-refractivity contribution in [3.8, 4) is 0 Å². The van der Waals surface area contributed by atoms with E-state index in [0.29, 0.717) is 29.9 Å². The van der Waals surface area contributed by atoms with Crippen molar-refractivity contribution in [1.29, 1.82) is 0 Å². The maximum absolute atomic E-state index is 12.6. The number of carbonyl (C=O) groups excluding carboxylic acids is 1. The average Bonchev–Trinajstić information content (AvgIpc) is 2.98. The number of benzene rings is 1. The number of hydrogen-bond donors (Lipinski definition) is 0. The lowest BCUT2D eigenvalue weighted by molar-refractivity contribution is 0.0176. The minimum absolute atomic E-state index is 0.150. The van der Waals surface area contributed by atoms with Crippen molar-refractivity contribution in [1.82, 2.24) is 9.88 Å². The second-order valence-corrected chi connectivity index (χ2v) is 8.77. The minimum Gasteiger partial charge on any atom is -0.444 e. The number of likely N-dealkylation sites (tertiary alicyclic amines) is 1. The quantitative estimate of drug-likeness (QED) is 0.832. The number of nitrogens with zero attached hydrogens (tertiary/aromatic N) is 2. The maximum Gasteiger partial charge on any atom is 0.410 e. The van der Waals surface area contributed by atoms with Gasteiger partial charge in [0.15, 0.2) is 5.58 Å². The van der Waals surface area contributed by atoms with Gasteiger partial charge in [-0.05, 0) is 51.7 Å². The van der Waals surface area contributed by atoms with E-state index in [2.05, 4.69) is 4.98 Å². The molecule has 1 saturated heterocycles. The molecule has 1 aromatic carbocycles. The number of piperidine rings is 1. The molecule has 0 saturated carbocycles. The number of hydrogen-bond acceptors (Lipinski definition) is 5. The molecule has 0 radical (unpaired) electrons. The molecule has 0 N–H and O–H groups in total. The van der Waals surface area contributed by atoms with Gasteiger partial charge in [-0.1, -0.05) is 12.1 Å². The molecule has 2 aromatic rings. The van der Waals surface area contributed by atoms with Gasteiger partial charge in [0.2, 0.25) is 0 Å². The van der Waals surface area contributed by atoms with E-state index in [0.717, 1.165) is 12.8 Å². The molecule has 0 spiro atoms. The third-order valence-electron chi connectivity index (χ3n) is 4.03. The van der Waals surface area contributed by atoms with E-state index in [9.17, 15) is 9.00 Å². The smallest absolute Gasteiger partial charge is 0.410 e. The summed E-state index contributed by atoms with van der Waals surface area (Å²) in [6, 6.07) is 7.38. The molecule has 136 valence electrons. The number of para-hydroxylation sites is 2. The van der Waals surface area contributed by atoms with Crippen LogP contribution in [0.15, 0.2) is 33.9 Å². The first-order chi connectivity index (χ1) is 11.8. The molecule has 1 amide bonds. The standard InChI is InChI=1S/C18H24N2O4S/c1-18(2,3)24-17(21)20-10-6-7-13(11-20)12-25(22)16-19-14-8-4-5-9-15(14)23-16/h4-5,8-9,13H,6-7,10-12H2,1-3H3/t13-,25+/m0/s1. The van der Waals surface area contributed by atoms with Crippen LogP contribution < -0.4 is 0 Å². The Bertz CT molecular complexity index is 748. The molecule has 0 aliphatic carbocycles. The van der Waals surface area contributed by atoms with Crippen molar-refractivity contribution < 1.29 is 18.2 Å². The van der Waals surface area contributed by atoms with Crippen LogP contribution in [0.4, 0.5) is 4.79 Å². The molecule has 7 heteroatoms. The Hall–Kier alpha value is -1.89. The summed E-state index contributed by atoms with van der Waals surface area (Å²) in [5, 5.41) is 0.260. The van der Waals surface area contributed by atoms with Crippen LogP contribution in [-0.4, -0.2) is 44.6 Å². The fourth-order valence-electron chi connectivity index (χ4n) is 2.93. The van der Waals surface area contributed by atoms with E-state index in [1.165, 1.54) is 0 Å². The van der Waals surface area contributed by atoms with Crippen LogP contribution in [0.5, 0.6) is 0 Å². The van der Waals surface area contributed by atoms with Gasteiger partial charge in [0.05, 0.1) is 0 Å². The lowest BCUT2D eigenvalue weighted by atomic mass is 10.0. The Balaban J connectivity index is 1.62. The minimum atomic E-state index is -1.32. The van der Waals surface area contributed by atoms with Gasteiger partial charge >= 0.3 is 6.09 Å². The van der Waals surface area contributed by atoms with Crippen LogP contribution in [0.25, 0.3) is 11.1 Å². The molecule has 1 fully saturated rings. The molecule has 0 bridgehead atoms. The molecular formula is C18H24N2O4S. The predicted molar refractivity (Wildman–Crippen MR) is 95.8 cm³/mol. The largest absolute Gasteiger partial charge is 0.444 e. The highest BCUT2D eigenvalue weighted by molar-refractivity contribution is 7.84. The van der Waals surface area contributed by atoms with E-state index >= 15 is 0 Å². The normalized spacial score (nSPS) is 19.8. The van der Waals surface area contributed by atoms with Crippen molar-refractivity contribution in [2.75, 3.05) is 18.8 Å². The Kier molecular flexibility index (Phi) is 5.13. The van der Waals surface area contributed by atoms with E-state index in [1.807, 2.05) is 45.0 Å². The third-order valence-corrected chi connectivity index (χ3v) is 5.37. The first kappa shape index (κ1) is 17.9. The lowest BCUT2D eigenvalue weighted by Gasteiger charge is -2.33. The average molecular weight is 364 g/mol. The highest BCUT2D eigenvalue weighted by Gasteiger charge is 2.29. The number of ether oxygens (including phenoxy) is 1. The van der Waals surface area contributed by atoms with Crippen molar-refractivity contribution in [2.45, 2.75) is 44.4 Å². The van der Waals surface area contributed by atoms with Crippen LogP contribution in [0, 0.1) is 5.92 Å². The van der Waals surface area contributed by atoms with Gasteiger partial charge in [0.25, 0.3) is 5.22 Å². The number of carbonyl (C=O) groups is 1. The van der Waals surface area contributed by atoms with Gasteiger partial charge < -0.3 is 14.1 Å². The third kappa shape index (κ3) is 4.60. The van der Waals surface area contributed by atoms with Gasteiger partial charge in [-0.3, -0.25) is 0 Å². The summed E-state index contributed by atoms with van der Waals surface area (Å²) in [4.78, 5) is 18.2. The number of aromatic nitrogens is 1. The van der Waals surface area contributed by atoms with Crippen molar-refractivity contribution in [2.24, 2.45) is 5.92 Å². The molecule has 2 heterocycles. The van der Waals surface area contributed by atoms with Crippen LogP contribution in [-0.2, 0) is 15.5 Å². The van der Waals surface area contributed by atoms with E-state index in [-0.39, 0.29) is 17.2 Å². The first-order valence-corrected chi connectivity index (χ1v) is 9.85. The Morgan fingerprint density at radius 1 is 1.40 bits per heavy atom. The summed E-state index contributed by atoms with van der Waals surface area (Å²) in [6.45, 7) is 6.81. The van der Waals surface area contributed by atoms with Gasteiger partial charge in [-0.2, -0.15) is 0 Å². The van der Waals surface area contributed by atoms with Gasteiger partial charge in [-0.15, -0.1) is 0 Å².